The average molecular weight is 356 g/mol. The summed E-state index contributed by atoms with van der Waals surface area (Å²) in [6.45, 7) is 0. The van der Waals surface area contributed by atoms with Gasteiger partial charge in [0.25, 0.3) is 0 Å². The van der Waals surface area contributed by atoms with Crippen molar-refractivity contribution in [1.82, 2.24) is 20.1 Å². The second kappa shape index (κ2) is 6.03. The Morgan fingerprint density at radius 2 is 1.96 bits per heavy atom. The lowest BCUT2D eigenvalue weighted by Crippen LogP contribution is -1.96. The van der Waals surface area contributed by atoms with E-state index in [1.807, 2.05) is 0 Å². The molecule has 9 heteroatoms. The SMILES string of the molecule is COc1ccc(-c2cc3c(-c4noc(=O)[nH]4)c[nH]c3cc2F)c(OC)n1. The summed E-state index contributed by atoms with van der Waals surface area (Å²) >= 11 is 0. The summed E-state index contributed by atoms with van der Waals surface area (Å²) < 4.78 is 29.6. The van der Waals surface area contributed by atoms with Crippen LogP contribution in [-0.4, -0.2) is 34.3 Å². The Bertz CT molecular complexity index is 1160. The highest BCUT2D eigenvalue weighted by Gasteiger charge is 2.18. The van der Waals surface area contributed by atoms with E-state index >= 15 is 0 Å². The van der Waals surface area contributed by atoms with Crippen LogP contribution in [0.5, 0.6) is 11.8 Å². The molecule has 0 saturated carbocycles. The smallest absolute Gasteiger partial charge is 0.439 e. The molecule has 132 valence electrons. The summed E-state index contributed by atoms with van der Waals surface area (Å²) in [7, 11) is 2.93. The number of H-pyrrole nitrogens is 2. The Hall–Kier alpha value is -3.62. The minimum absolute atomic E-state index is 0.231. The van der Waals surface area contributed by atoms with Crippen molar-refractivity contribution < 1.29 is 18.4 Å². The van der Waals surface area contributed by atoms with Crippen LogP contribution in [-0.2, 0) is 0 Å². The second-order valence-corrected chi connectivity index (χ2v) is 5.43. The molecular formula is C17H13FN4O4. The van der Waals surface area contributed by atoms with Gasteiger partial charge in [0, 0.05) is 39.9 Å². The lowest BCUT2D eigenvalue weighted by atomic mass is 10.0. The van der Waals surface area contributed by atoms with Crippen LogP contribution < -0.4 is 15.2 Å². The van der Waals surface area contributed by atoms with Gasteiger partial charge in [-0.05, 0) is 18.2 Å². The monoisotopic (exact) mass is 356 g/mol. The maximum atomic E-state index is 14.7. The van der Waals surface area contributed by atoms with Gasteiger partial charge in [0.2, 0.25) is 11.8 Å². The molecule has 0 fully saturated rings. The fourth-order valence-corrected chi connectivity index (χ4v) is 2.79. The van der Waals surface area contributed by atoms with Crippen molar-refractivity contribution in [2.45, 2.75) is 0 Å². The van der Waals surface area contributed by atoms with Crippen molar-refractivity contribution in [1.29, 1.82) is 0 Å². The number of aromatic nitrogens is 4. The van der Waals surface area contributed by atoms with Crippen molar-refractivity contribution in [3.05, 3.63) is 46.8 Å². The minimum Gasteiger partial charge on any atom is -0.481 e. The molecule has 0 aliphatic carbocycles. The van der Waals surface area contributed by atoms with Gasteiger partial charge in [-0.1, -0.05) is 5.16 Å². The lowest BCUT2D eigenvalue weighted by molar-refractivity contribution is 0.365. The van der Waals surface area contributed by atoms with E-state index in [-0.39, 0.29) is 17.3 Å². The molecule has 0 radical (unpaired) electrons. The molecule has 0 spiro atoms. The molecule has 0 aliphatic heterocycles. The molecule has 0 unspecified atom stereocenters. The fourth-order valence-electron chi connectivity index (χ4n) is 2.79. The third-order valence-corrected chi connectivity index (χ3v) is 3.99. The second-order valence-electron chi connectivity index (χ2n) is 5.43. The molecule has 0 bridgehead atoms. The van der Waals surface area contributed by atoms with Crippen LogP contribution in [0.2, 0.25) is 0 Å². The summed E-state index contributed by atoms with van der Waals surface area (Å²) in [5.41, 5.74) is 1.88. The van der Waals surface area contributed by atoms with Crippen molar-refractivity contribution in [3.8, 4) is 34.3 Å². The third-order valence-electron chi connectivity index (χ3n) is 3.99. The Morgan fingerprint density at radius 3 is 2.65 bits per heavy atom. The number of nitrogens with one attached hydrogen (secondary N) is 2. The first-order chi connectivity index (χ1) is 12.6. The van der Waals surface area contributed by atoms with Gasteiger partial charge in [0.15, 0.2) is 5.82 Å². The average Bonchev–Trinajstić information content (AvgIpc) is 3.26. The highest BCUT2D eigenvalue weighted by atomic mass is 19.1. The van der Waals surface area contributed by atoms with Crippen LogP contribution in [0.4, 0.5) is 4.39 Å². The van der Waals surface area contributed by atoms with Crippen molar-refractivity contribution in [2.24, 2.45) is 0 Å². The first kappa shape index (κ1) is 15.9. The van der Waals surface area contributed by atoms with Crippen LogP contribution in [0.1, 0.15) is 0 Å². The topological polar surface area (TPSA) is 106 Å². The highest BCUT2D eigenvalue weighted by Crippen LogP contribution is 2.36. The molecule has 4 aromatic rings. The maximum absolute atomic E-state index is 14.7. The van der Waals surface area contributed by atoms with E-state index in [1.54, 1.807) is 24.4 Å². The van der Waals surface area contributed by atoms with Gasteiger partial charge in [-0.3, -0.25) is 9.51 Å². The molecule has 0 atom stereocenters. The van der Waals surface area contributed by atoms with E-state index in [2.05, 4.69) is 24.6 Å². The maximum Gasteiger partial charge on any atom is 0.439 e. The van der Waals surface area contributed by atoms with Gasteiger partial charge in [-0.25, -0.2) is 9.18 Å². The highest BCUT2D eigenvalue weighted by molar-refractivity contribution is 5.97. The van der Waals surface area contributed by atoms with E-state index in [0.29, 0.717) is 27.9 Å². The standard InChI is InChI=1S/C17H13FN4O4/c1-24-14-4-3-8(16(20-14)25-2)9-5-10-11(15-21-17(23)26-22-15)7-19-13(10)6-12(9)18/h3-7,19H,1-2H3,(H,21,22,23). The molecular weight excluding hydrogens is 343 g/mol. The van der Waals surface area contributed by atoms with Gasteiger partial charge in [0.1, 0.15) is 5.82 Å². The van der Waals surface area contributed by atoms with Gasteiger partial charge in [-0.2, -0.15) is 4.98 Å². The number of fused-ring (bicyclic) bond motifs is 1. The van der Waals surface area contributed by atoms with E-state index in [4.69, 9.17) is 9.47 Å². The third kappa shape index (κ3) is 2.50. The number of rotatable bonds is 4. The van der Waals surface area contributed by atoms with Gasteiger partial charge >= 0.3 is 5.76 Å². The molecule has 2 N–H and O–H groups in total. The molecule has 8 nitrogen and oxygen atoms in total. The molecule has 3 heterocycles. The lowest BCUT2D eigenvalue weighted by Gasteiger charge is -2.10. The molecule has 0 saturated heterocycles. The Labute approximate surface area is 145 Å². The number of ether oxygens (including phenoxy) is 2. The number of methoxy groups -OCH3 is 2. The number of hydrogen-bond acceptors (Lipinski definition) is 6. The van der Waals surface area contributed by atoms with E-state index in [0.717, 1.165) is 0 Å². The Balaban J connectivity index is 1.94. The first-order valence-corrected chi connectivity index (χ1v) is 7.57. The molecule has 26 heavy (non-hydrogen) atoms. The Morgan fingerprint density at radius 1 is 1.12 bits per heavy atom. The zero-order chi connectivity index (χ0) is 18.3. The molecule has 0 amide bonds. The van der Waals surface area contributed by atoms with Gasteiger partial charge in [0.05, 0.1) is 14.2 Å². The number of hydrogen-bond donors (Lipinski definition) is 2. The minimum atomic E-state index is -0.669. The van der Waals surface area contributed by atoms with Crippen molar-refractivity contribution in [2.75, 3.05) is 14.2 Å². The first-order valence-electron chi connectivity index (χ1n) is 7.57. The quantitative estimate of drug-likeness (QED) is 0.582. The normalized spacial score (nSPS) is 11.0. The van der Waals surface area contributed by atoms with Gasteiger partial charge < -0.3 is 14.5 Å². The summed E-state index contributed by atoms with van der Waals surface area (Å²) in [6, 6.07) is 6.28. The summed E-state index contributed by atoms with van der Waals surface area (Å²) in [5, 5.41) is 4.34. The number of aromatic amines is 2. The van der Waals surface area contributed by atoms with Crippen LogP contribution >= 0.6 is 0 Å². The molecule has 4 rings (SSSR count). The number of pyridine rings is 1. The number of nitrogens with zero attached hydrogens (tertiary/aromatic N) is 2. The zero-order valence-electron chi connectivity index (χ0n) is 13.8. The molecule has 1 aromatic carbocycles. The van der Waals surface area contributed by atoms with E-state index in [9.17, 15) is 9.18 Å². The Kier molecular flexibility index (Phi) is 3.68. The zero-order valence-corrected chi connectivity index (χ0v) is 13.8. The summed E-state index contributed by atoms with van der Waals surface area (Å²) in [5.74, 6) is -0.287. The predicted octanol–water partition coefficient (Wildman–Crippen LogP) is 2.73. The van der Waals surface area contributed by atoms with Crippen molar-refractivity contribution >= 4 is 10.9 Å². The number of halogens is 1. The van der Waals surface area contributed by atoms with Crippen LogP contribution in [0, 0.1) is 5.82 Å². The summed E-state index contributed by atoms with van der Waals surface area (Å²) in [4.78, 5) is 20.8. The summed E-state index contributed by atoms with van der Waals surface area (Å²) in [6.07, 6.45) is 1.62. The fraction of sp³-hybridized carbons (Fsp3) is 0.118. The predicted molar refractivity (Wildman–Crippen MR) is 90.7 cm³/mol. The van der Waals surface area contributed by atoms with E-state index < -0.39 is 11.6 Å². The number of benzene rings is 1. The van der Waals surface area contributed by atoms with Crippen LogP contribution in [0.3, 0.4) is 0 Å². The van der Waals surface area contributed by atoms with Crippen molar-refractivity contribution in [3.63, 3.8) is 0 Å². The molecule has 3 aromatic heterocycles. The van der Waals surface area contributed by atoms with E-state index in [1.165, 1.54) is 20.3 Å². The van der Waals surface area contributed by atoms with Crippen LogP contribution in [0.25, 0.3) is 33.4 Å². The van der Waals surface area contributed by atoms with Gasteiger partial charge in [-0.15, -0.1) is 0 Å². The largest absolute Gasteiger partial charge is 0.481 e. The van der Waals surface area contributed by atoms with Crippen LogP contribution in [0.15, 0.2) is 39.8 Å². The molecule has 0 aliphatic rings.